The van der Waals surface area contributed by atoms with Crippen molar-refractivity contribution >= 4 is 51.3 Å². The van der Waals surface area contributed by atoms with Gasteiger partial charge >= 0.3 is 5.91 Å². The molecule has 3 rings (SSSR count). The van der Waals surface area contributed by atoms with Gasteiger partial charge < -0.3 is 5.73 Å². The van der Waals surface area contributed by atoms with E-state index in [-0.39, 0.29) is 10.8 Å². The van der Waals surface area contributed by atoms with E-state index >= 15 is 0 Å². The van der Waals surface area contributed by atoms with Crippen LogP contribution in [0.25, 0.3) is 10.9 Å². The van der Waals surface area contributed by atoms with Crippen LogP contribution in [0.3, 0.4) is 0 Å². The molecule has 0 aliphatic carbocycles. The summed E-state index contributed by atoms with van der Waals surface area (Å²) in [4.78, 5) is 16.4. The molecule has 0 radical (unpaired) electrons. The Morgan fingerprint density at radius 1 is 1.36 bits per heavy atom. The summed E-state index contributed by atoms with van der Waals surface area (Å²) in [5.41, 5.74) is 10.4. The number of benzene rings is 1. The maximum atomic E-state index is 12.1. The highest BCUT2D eigenvalue weighted by atomic mass is 32.1. The number of anilines is 1. The average Bonchev–Trinajstić information content (AvgIpc) is 2.80. The summed E-state index contributed by atoms with van der Waals surface area (Å²) >= 11 is 4.77. The molecule has 0 bridgehead atoms. The van der Waals surface area contributed by atoms with E-state index in [1.54, 1.807) is 13.1 Å². The first kappa shape index (κ1) is 14.1. The van der Waals surface area contributed by atoms with Gasteiger partial charge in [0.05, 0.1) is 16.9 Å². The third kappa shape index (κ3) is 2.40. The molecular weight excluding hydrogens is 300 g/mol. The Labute approximate surface area is 131 Å². The summed E-state index contributed by atoms with van der Waals surface area (Å²) in [6, 6.07) is 9.46. The maximum absolute atomic E-state index is 12.1. The van der Waals surface area contributed by atoms with Crippen LogP contribution in [0.1, 0.15) is 6.92 Å². The van der Waals surface area contributed by atoms with Crippen LogP contribution in [0.5, 0.6) is 0 Å². The molecule has 8 heteroatoms. The monoisotopic (exact) mass is 312 g/mol. The predicted molar refractivity (Wildman–Crippen MR) is 89.5 cm³/mol. The van der Waals surface area contributed by atoms with E-state index in [1.807, 2.05) is 30.3 Å². The van der Waals surface area contributed by atoms with Crippen LogP contribution in [0.4, 0.5) is 5.69 Å². The summed E-state index contributed by atoms with van der Waals surface area (Å²) in [5, 5.41) is 9.91. The fourth-order valence-electron chi connectivity index (χ4n) is 2.09. The van der Waals surface area contributed by atoms with Crippen LogP contribution in [-0.2, 0) is 4.79 Å². The molecule has 0 fully saturated rings. The molecule has 1 aliphatic heterocycles. The zero-order chi connectivity index (χ0) is 15.7. The van der Waals surface area contributed by atoms with E-state index in [4.69, 9.17) is 18.0 Å². The molecular formula is C14H12N6OS. The molecule has 2 heterocycles. The van der Waals surface area contributed by atoms with Crippen LogP contribution >= 0.6 is 12.2 Å². The Kier molecular flexibility index (Phi) is 3.51. The molecule has 1 amide bonds. The number of fused-ring (bicyclic) bond motifs is 1. The van der Waals surface area contributed by atoms with Gasteiger partial charge in [-0.3, -0.25) is 15.2 Å². The van der Waals surface area contributed by atoms with Crippen molar-refractivity contribution in [2.75, 3.05) is 5.43 Å². The SMILES string of the molecule is CC1=NN(C(N)=S)C(=O)C1=NNc1cccc2cccnc12. The quantitative estimate of drug-likeness (QED) is 0.646. The molecule has 110 valence electrons. The second-order valence-electron chi connectivity index (χ2n) is 4.59. The highest BCUT2D eigenvalue weighted by Crippen LogP contribution is 2.20. The summed E-state index contributed by atoms with van der Waals surface area (Å²) < 4.78 is 0. The molecule has 0 atom stereocenters. The number of carbonyl (C=O) groups is 1. The lowest BCUT2D eigenvalue weighted by Gasteiger charge is -2.07. The smallest absolute Gasteiger partial charge is 0.303 e. The molecule has 0 saturated carbocycles. The minimum absolute atomic E-state index is 0.110. The second-order valence-corrected chi connectivity index (χ2v) is 5.01. The molecule has 1 aromatic carbocycles. The molecule has 1 aromatic heterocycles. The third-order valence-electron chi connectivity index (χ3n) is 3.12. The highest BCUT2D eigenvalue weighted by Gasteiger charge is 2.31. The number of hydrogen-bond donors (Lipinski definition) is 2. The summed E-state index contributed by atoms with van der Waals surface area (Å²) in [6.07, 6.45) is 1.70. The predicted octanol–water partition coefficient (Wildman–Crippen LogP) is 1.46. The van der Waals surface area contributed by atoms with Crippen molar-refractivity contribution in [2.24, 2.45) is 15.9 Å². The van der Waals surface area contributed by atoms with Gasteiger partial charge in [-0.15, -0.1) is 0 Å². The number of thiocarbonyl (C=S) groups is 1. The lowest BCUT2D eigenvalue weighted by molar-refractivity contribution is -0.119. The van der Waals surface area contributed by atoms with Crippen molar-refractivity contribution < 1.29 is 4.79 Å². The summed E-state index contributed by atoms with van der Waals surface area (Å²) in [5.74, 6) is -0.453. The van der Waals surface area contributed by atoms with Gasteiger partial charge in [-0.05, 0) is 31.3 Å². The minimum Gasteiger partial charge on any atom is -0.374 e. The first-order chi connectivity index (χ1) is 10.6. The van der Waals surface area contributed by atoms with Crippen molar-refractivity contribution in [3.05, 3.63) is 36.5 Å². The zero-order valence-electron chi connectivity index (χ0n) is 11.6. The molecule has 3 N–H and O–H groups in total. The van der Waals surface area contributed by atoms with E-state index in [0.717, 1.165) is 15.9 Å². The Morgan fingerprint density at radius 3 is 2.86 bits per heavy atom. The van der Waals surface area contributed by atoms with Crippen LogP contribution < -0.4 is 11.2 Å². The number of nitrogens with zero attached hydrogens (tertiary/aromatic N) is 4. The Morgan fingerprint density at radius 2 is 2.14 bits per heavy atom. The number of amides is 1. The molecule has 0 saturated heterocycles. The fraction of sp³-hybridized carbons (Fsp3) is 0.0714. The molecule has 0 spiro atoms. The lowest BCUT2D eigenvalue weighted by Crippen LogP contribution is -2.36. The van der Waals surface area contributed by atoms with Gasteiger partial charge in [-0.25, -0.2) is 0 Å². The number of rotatable bonds is 2. The summed E-state index contributed by atoms with van der Waals surface area (Å²) in [7, 11) is 0. The first-order valence-corrected chi connectivity index (χ1v) is 6.85. The molecule has 2 aromatic rings. The molecule has 7 nitrogen and oxygen atoms in total. The van der Waals surface area contributed by atoms with Crippen molar-refractivity contribution in [1.82, 2.24) is 9.99 Å². The number of aromatic nitrogens is 1. The zero-order valence-corrected chi connectivity index (χ0v) is 12.5. The van der Waals surface area contributed by atoms with Crippen molar-refractivity contribution in [1.29, 1.82) is 0 Å². The van der Waals surface area contributed by atoms with Crippen LogP contribution in [-0.4, -0.2) is 32.4 Å². The van der Waals surface area contributed by atoms with Gasteiger partial charge in [0, 0.05) is 11.6 Å². The van der Waals surface area contributed by atoms with Crippen LogP contribution in [0, 0.1) is 0 Å². The Hall–Kier alpha value is -2.87. The normalized spacial score (nSPS) is 16.2. The number of hydrogen-bond acceptors (Lipinski definition) is 6. The first-order valence-electron chi connectivity index (χ1n) is 6.45. The number of para-hydroxylation sites is 1. The second kappa shape index (κ2) is 5.49. The maximum Gasteiger partial charge on any atom is 0.303 e. The van der Waals surface area contributed by atoms with Gasteiger partial charge in [0.1, 0.15) is 0 Å². The molecule has 22 heavy (non-hydrogen) atoms. The van der Waals surface area contributed by atoms with Gasteiger partial charge in [-0.2, -0.15) is 15.2 Å². The van der Waals surface area contributed by atoms with Gasteiger partial charge in [-0.1, -0.05) is 18.2 Å². The molecule has 1 aliphatic rings. The van der Waals surface area contributed by atoms with Crippen LogP contribution in [0.15, 0.2) is 46.7 Å². The van der Waals surface area contributed by atoms with E-state index in [9.17, 15) is 4.79 Å². The van der Waals surface area contributed by atoms with E-state index < -0.39 is 5.91 Å². The number of hydrazone groups is 2. The van der Waals surface area contributed by atoms with Gasteiger partial charge in [0.25, 0.3) is 0 Å². The number of carbonyl (C=O) groups excluding carboxylic acids is 1. The summed E-state index contributed by atoms with van der Waals surface area (Å²) in [6.45, 7) is 1.66. The average molecular weight is 312 g/mol. The van der Waals surface area contributed by atoms with E-state index in [0.29, 0.717) is 11.4 Å². The number of nitrogens with two attached hydrogens (primary N) is 1. The topological polar surface area (TPSA) is 96.0 Å². The third-order valence-corrected chi connectivity index (χ3v) is 3.29. The minimum atomic E-state index is -0.453. The van der Waals surface area contributed by atoms with Gasteiger partial charge in [0.15, 0.2) is 10.8 Å². The standard InChI is InChI=1S/C14H12N6OS/c1-8-11(13(21)20(19-8)14(15)22)18-17-10-6-2-4-9-5-3-7-16-12(9)10/h2-7,17H,1H3,(H2,15,22). The molecule has 0 unspecified atom stereocenters. The van der Waals surface area contributed by atoms with E-state index in [2.05, 4.69) is 20.6 Å². The van der Waals surface area contributed by atoms with Gasteiger partial charge in [0.2, 0.25) is 0 Å². The van der Waals surface area contributed by atoms with Crippen molar-refractivity contribution in [3.63, 3.8) is 0 Å². The highest BCUT2D eigenvalue weighted by molar-refractivity contribution is 7.80. The fourth-order valence-corrected chi connectivity index (χ4v) is 2.21. The number of nitrogens with one attached hydrogen (secondary N) is 1. The Balaban J connectivity index is 1.92. The van der Waals surface area contributed by atoms with E-state index in [1.165, 1.54) is 0 Å². The lowest BCUT2D eigenvalue weighted by atomic mass is 10.2. The largest absolute Gasteiger partial charge is 0.374 e. The van der Waals surface area contributed by atoms with Crippen molar-refractivity contribution in [2.45, 2.75) is 6.92 Å². The van der Waals surface area contributed by atoms with Crippen molar-refractivity contribution in [3.8, 4) is 0 Å². The van der Waals surface area contributed by atoms with Crippen LogP contribution in [0.2, 0.25) is 0 Å². The Bertz CT molecular complexity index is 839. The number of pyridine rings is 1.